The van der Waals surface area contributed by atoms with Crippen LogP contribution in [0.15, 0.2) is 0 Å². The summed E-state index contributed by atoms with van der Waals surface area (Å²) in [5.74, 6) is -0.566. The molecule has 1 saturated heterocycles. The number of nitrogens with two attached hydrogens (primary N) is 1. The first-order valence-corrected chi connectivity index (χ1v) is 8.29. The molecule has 1 amide bonds. The minimum atomic E-state index is -3.13. The zero-order chi connectivity index (χ0) is 14.5. The molecule has 1 heterocycles. The topological polar surface area (TPSA) is 119 Å². The second kappa shape index (κ2) is 6.65. The van der Waals surface area contributed by atoms with Crippen molar-refractivity contribution < 1.29 is 23.1 Å². The summed E-state index contributed by atoms with van der Waals surface area (Å²) in [6.07, 6.45) is 2.10. The molecule has 0 saturated carbocycles. The van der Waals surface area contributed by atoms with Crippen molar-refractivity contribution in [1.29, 1.82) is 0 Å². The predicted octanol–water partition coefficient (Wildman–Crippen LogP) is -1.59. The molecule has 1 fully saturated rings. The summed E-state index contributed by atoms with van der Waals surface area (Å²) in [6.45, 7) is 1.04. The Hall–Kier alpha value is -0.700. The van der Waals surface area contributed by atoms with Crippen molar-refractivity contribution in [2.75, 3.05) is 31.8 Å². The van der Waals surface area contributed by atoms with Gasteiger partial charge in [0.1, 0.15) is 9.84 Å². The number of carbonyl (C=O) groups excluding carboxylic acids is 1. The van der Waals surface area contributed by atoms with Gasteiger partial charge in [-0.05, 0) is 6.42 Å². The first kappa shape index (κ1) is 16.4. The Morgan fingerprint density at radius 2 is 2.05 bits per heavy atom. The number of hydrogen-bond acceptors (Lipinski definition) is 6. The van der Waals surface area contributed by atoms with Crippen molar-refractivity contribution in [3.8, 4) is 0 Å². The highest BCUT2D eigenvalue weighted by atomic mass is 32.2. The molecular formula is C11H22N2O5S. The maximum absolute atomic E-state index is 11.7. The Balaban J connectivity index is 2.33. The molecule has 0 aromatic carbocycles. The van der Waals surface area contributed by atoms with Gasteiger partial charge in [-0.1, -0.05) is 0 Å². The van der Waals surface area contributed by atoms with E-state index in [0.717, 1.165) is 6.26 Å². The molecule has 1 aliphatic heterocycles. The standard InChI is InChI=1S/C11H22N2O5S/c1-19(16,17)7-2-9(12)10(14)13-8-11(15)3-5-18-6-4-11/h9,15H,2-8,12H2,1H3,(H,13,14). The van der Waals surface area contributed by atoms with E-state index in [1.54, 1.807) is 0 Å². The van der Waals surface area contributed by atoms with Crippen molar-refractivity contribution in [2.45, 2.75) is 30.9 Å². The van der Waals surface area contributed by atoms with Crippen molar-refractivity contribution in [3.63, 3.8) is 0 Å². The van der Waals surface area contributed by atoms with E-state index in [0.29, 0.717) is 26.1 Å². The molecule has 0 bridgehead atoms. The van der Waals surface area contributed by atoms with Crippen LogP contribution >= 0.6 is 0 Å². The molecule has 1 rings (SSSR count). The lowest BCUT2D eigenvalue weighted by Gasteiger charge is -2.32. The fourth-order valence-corrected chi connectivity index (χ4v) is 2.47. The van der Waals surface area contributed by atoms with Gasteiger partial charge in [0.05, 0.1) is 17.4 Å². The molecule has 0 spiro atoms. The van der Waals surface area contributed by atoms with Gasteiger partial charge in [0.15, 0.2) is 0 Å². The Kier molecular flexibility index (Phi) is 5.72. The van der Waals surface area contributed by atoms with Crippen LogP contribution in [0.3, 0.4) is 0 Å². The van der Waals surface area contributed by atoms with Gasteiger partial charge in [0.2, 0.25) is 5.91 Å². The summed E-state index contributed by atoms with van der Waals surface area (Å²) in [5, 5.41) is 12.7. The van der Waals surface area contributed by atoms with Gasteiger partial charge in [-0.2, -0.15) is 0 Å². The van der Waals surface area contributed by atoms with Crippen molar-refractivity contribution in [3.05, 3.63) is 0 Å². The molecule has 0 aromatic heterocycles. The lowest BCUT2D eigenvalue weighted by atomic mass is 9.94. The number of sulfone groups is 1. The van der Waals surface area contributed by atoms with Gasteiger partial charge in [0, 0.05) is 38.9 Å². The normalized spacial score (nSPS) is 20.8. The molecule has 0 aliphatic carbocycles. The molecule has 19 heavy (non-hydrogen) atoms. The highest BCUT2D eigenvalue weighted by Crippen LogP contribution is 2.19. The highest BCUT2D eigenvalue weighted by Gasteiger charge is 2.30. The first-order valence-electron chi connectivity index (χ1n) is 6.23. The summed E-state index contributed by atoms with van der Waals surface area (Å²) < 4.78 is 27.1. The van der Waals surface area contributed by atoms with Crippen LogP contribution in [0.5, 0.6) is 0 Å². The quantitative estimate of drug-likeness (QED) is 0.543. The number of amides is 1. The van der Waals surface area contributed by atoms with Crippen LogP contribution in [0.2, 0.25) is 0 Å². The second-order valence-electron chi connectivity index (χ2n) is 5.08. The van der Waals surface area contributed by atoms with Gasteiger partial charge < -0.3 is 20.9 Å². The van der Waals surface area contributed by atoms with E-state index in [2.05, 4.69) is 5.32 Å². The van der Waals surface area contributed by atoms with Crippen LogP contribution in [0.1, 0.15) is 19.3 Å². The van der Waals surface area contributed by atoms with E-state index >= 15 is 0 Å². The van der Waals surface area contributed by atoms with Crippen LogP contribution in [0.4, 0.5) is 0 Å². The number of aliphatic hydroxyl groups is 1. The average Bonchev–Trinajstić information content (AvgIpc) is 2.33. The summed E-state index contributed by atoms with van der Waals surface area (Å²) in [7, 11) is -3.13. The third-order valence-corrected chi connectivity index (χ3v) is 4.13. The third kappa shape index (κ3) is 6.33. The van der Waals surface area contributed by atoms with E-state index in [1.807, 2.05) is 0 Å². The van der Waals surface area contributed by atoms with Crippen molar-refractivity contribution in [1.82, 2.24) is 5.32 Å². The molecular weight excluding hydrogens is 272 g/mol. The van der Waals surface area contributed by atoms with Gasteiger partial charge in [0.25, 0.3) is 0 Å². The van der Waals surface area contributed by atoms with Crippen LogP contribution in [-0.2, 0) is 19.4 Å². The minimum absolute atomic E-state index is 0.0756. The zero-order valence-corrected chi connectivity index (χ0v) is 11.9. The van der Waals surface area contributed by atoms with Crippen LogP contribution in [0, 0.1) is 0 Å². The smallest absolute Gasteiger partial charge is 0.237 e. The highest BCUT2D eigenvalue weighted by molar-refractivity contribution is 7.90. The number of nitrogens with one attached hydrogen (secondary N) is 1. The fraction of sp³-hybridized carbons (Fsp3) is 0.909. The summed E-state index contributed by atoms with van der Waals surface area (Å²) in [6, 6.07) is -0.877. The number of carbonyl (C=O) groups is 1. The van der Waals surface area contributed by atoms with E-state index < -0.39 is 27.4 Å². The van der Waals surface area contributed by atoms with Gasteiger partial charge >= 0.3 is 0 Å². The number of rotatable bonds is 6. The fourth-order valence-electron chi connectivity index (χ4n) is 1.78. The SMILES string of the molecule is CS(=O)(=O)CCC(N)C(=O)NCC1(O)CCOCC1. The maximum atomic E-state index is 11.7. The summed E-state index contributed by atoms with van der Waals surface area (Å²) >= 11 is 0. The largest absolute Gasteiger partial charge is 0.388 e. The second-order valence-corrected chi connectivity index (χ2v) is 7.34. The lowest BCUT2D eigenvalue weighted by Crippen LogP contribution is -2.50. The average molecular weight is 294 g/mol. The molecule has 0 radical (unpaired) electrons. The number of hydrogen-bond donors (Lipinski definition) is 3. The summed E-state index contributed by atoms with van der Waals surface area (Å²) in [5.41, 5.74) is 4.65. The van der Waals surface area contributed by atoms with Crippen LogP contribution in [-0.4, -0.2) is 62.8 Å². The Morgan fingerprint density at radius 3 is 2.58 bits per heavy atom. The molecule has 4 N–H and O–H groups in total. The molecule has 0 aromatic rings. The molecule has 1 aliphatic rings. The molecule has 8 heteroatoms. The number of ether oxygens (including phenoxy) is 1. The predicted molar refractivity (Wildman–Crippen MR) is 70.3 cm³/mol. The maximum Gasteiger partial charge on any atom is 0.237 e. The van der Waals surface area contributed by atoms with Gasteiger partial charge in [-0.25, -0.2) is 8.42 Å². The van der Waals surface area contributed by atoms with E-state index in [1.165, 1.54) is 0 Å². The lowest BCUT2D eigenvalue weighted by molar-refractivity contribution is -0.125. The zero-order valence-electron chi connectivity index (χ0n) is 11.1. The van der Waals surface area contributed by atoms with E-state index in [4.69, 9.17) is 10.5 Å². The van der Waals surface area contributed by atoms with E-state index in [-0.39, 0.29) is 18.7 Å². The molecule has 7 nitrogen and oxygen atoms in total. The van der Waals surface area contributed by atoms with E-state index in [9.17, 15) is 18.3 Å². The Bertz CT molecular complexity index is 403. The Labute approximate surface area is 113 Å². The molecule has 112 valence electrons. The monoisotopic (exact) mass is 294 g/mol. The van der Waals surface area contributed by atoms with Crippen molar-refractivity contribution >= 4 is 15.7 Å². The van der Waals surface area contributed by atoms with Gasteiger partial charge in [-0.15, -0.1) is 0 Å². The minimum Gasteiger partial charge on any atom is -0.388 e. The molecule has 1 unspecified atom stereocenters. The molecule has 1 atom stereocenters. The first-order chi connectivity index (χ1) is 8.72. The van der Waals surface area contributed by atoms with Crippen molar-refractivity contribution in [2.24, 2.45) is 5.73 Å². The summed E-state index contributed by atoms with van der Waals surface area (Å²) in [4.78, 5) is 11.7. The van der Waals surface area contributed by atoms with Crippen LogP contribution < -0.4 is 11.1 Å². The van der Waals surface area contributed by atoms with Gasteiger partial charge in [-0.3, -0.25) is 4.79 Å². The Morgan fingerprint density at radius 1 is 1.47 bits per heavy atom. The van der Waals surface area contributed by atoms with Crippen LogP contribution in [0.25, 0.3) is 0 Å². The third-order valence-electron chi connectivity index (χ3n) is 3.15.